The van der Waals surface area contributed by atoms with Crippen LogP contribution < -0.4 is 0 Å². The Balaban J connectivity index is 1.92. The Hall–Kier alpha value is -3.04. The second-order valence-corrected chi connectivity index (χ2v) is 6.10. The molecule has 3 nitrogen and oxygen atoms in total. The van der Waals surface area contributed by atoms with Gasteiger partial charge in [0.25, 0.3) is 0 Å². The summed E-state index contributed by atoms with van der Waals surface area (Å²) >= 11 is 5.99. The average molecular weight is 348 g/mol. The van der Waals surface area contributed by atoms with Crippen molar-refractivity contribution in [3.63, 3.8) is 0 Å². The summed E-state index contributed by atoms with van der Waals surface area (Å²) in [5, 5.41) is 10.9. The van der Waals surface area contributed by atoms with Gasteiger partial charge in [-0.15, -0.1) is 0 Å². The normalized spacial score (nSPS) is 10.8. The molecular weight excluding hydrogens is 334 g/mol. The van der Waals surface area contributed by atoms with Gasteiger partial charge in [-0.3, -0.25) is 0 Å². The van der Waals surface area contributed by atoms with Crippen LogP contribution in [0.15, 0.2) is 83.7 Å². The Labute approximate surface area is 150 Å². The van der Waals surface area contributed by atoms with Crippen LogP contribution in [0.2, 0.25) is 5.02 Å². The molecule has 0 spiro atoms. The second-order valence-electron chi connectivity index (χ2n) is 5.66. The van der Waals surface area contributed by atoms with E-state index >= 15 is 0 Å². The van der Waals surface area contributed by atoms with Gasteiger partial charge in [-0.2, -0.15) is 0 Å². The van der Waals surface area contributed by atoms with Gasteiger partial charge in [0, 0.05) is 21.7 Å². The van der Waals surface area contributed by atoms with E-state index < -0.39 is 0 Å². The fraction of sp³-hybridized carbons (Fsp3) is 0. The number of hydrogen-bond acceptors (Lipinski definition) is 3. The van der Waals surface area contributed by atoms with Crippen molar-refractivity contribution in [3.8, 4) is 39.4 Å². The number of furan rings is 1. The molecule has 2 heterocycles. The Morgan fingerprint density at radius 1 is 0.800 bits per heavy atom. The molecule has 0 fully saturated rings. The number of aromatic nitrogens is 1. The Morgan fingerprint density at radius 2 is 1.56 bits per heavy atom. The number of rotatable bonds is 3. The zero-order valence-corrected chi connectivity index (χ0v) is 13.9. The van der Waals surface area contributed by atoms with Crippen molar-refractivity contribution in [2.24, 2.45) is 0 Å². The van der Waals surface area contributed by atoms with Crippen LogP contribution >= 0.6 is 11.6 Å². The minimum Gasteiger partial charge on any atom is -0.507 e. The van der Waals surface area contributed by atoms with Gasteiger partial charge in [0.05, 0.1) is 23.9 Å². The molecule has 0 aliphatic carbocycles. The summed E-state index contributed by atoms with van der Waals surface area (Å²) in [7, 11) is 0. The van der Waals surface area contributed by atoms with Crippen LogP contribution in [0.3, 0.4) is 0 Å². The molecule has 2 aromatic heterocycles. The molecule has 0 unspecified atom stereocenters. The maximum atomic E-state index is 10.2. The van der Waals surface area contributed by atoms with E-state index in [-0.39, 0.29) is 5.75 Å². The highest BCUT2D eigenvalue weighted by atomic mass is 35.5. The lowest BCUT2D eigenvalue weighted by atomic mass is 10.0. The number of phenolic OH excluding ortho intramolecular Hbond substituents is 1. The maximum absolute atomic E-state index is 10.2. The molecule has 4 rings (SSSR count). The highest BCUT2D eigenvalue weighted by Gasteiger charge is 2.11. The second kappa shape index (κ2) is 6.46. The first-order valence-corrected chi connectivity index (χ1v) is 8.17. The van der Waals surface area contributed by atoms with Crippen LogP contribution in [0.4, 0.5) is 0 Å². The summed E-state index contributed by atoms with van der Waals surface area (Å²) in [5.74, 6) is 0.196. The first kappa shape index (κ1) is 15.5. The molecule has 0 bridgehead atoms. The van der Waals surface area contributed by atoms with E-state index in [1.165, 1.54) is 0 Å². The van der Waals surface area contributed by atoms with Gasteiger partial charge in [0.2, 0.25) is 0 Å². The minimum absolute atomic E-state index is 0.196. The third-order valence-electron chi connectivity index (χ3n) is 4.00. The number of benzene rings is 2. The molecule has 0 aliphatic heterocycles. The Morgan fingerprint density at radius 3 is 2.28 bits per heavy atom. The van der Waals surface area contributed by atoms with Crippen molar-refractivity contribution in [3.05, 3.63) is 84.3 Å². The third kappa shape index (κ3) is 3.14. The molecule has 0 aliphatic rings. The highest BCUT2D eigenvalue weighted by Crippen LogP contribution is 2.34. The minimum atomic E-state index is 0.196. The number of phenols is 1. The Bertz CT molecular complexity index is 1010. The molecule has 0 amide bonds. The average Bonchev–Trinajstić information content (AvgIpc) is 3.17. The predicted octanol–water partition coefficient (Wildman–Crippen LogP) is 6.03. The van der Waals surface area contributed by atoms with Crippen molar-refractivity contribution >= 4 is 11.6 Å². The number of para-hydroxylation sites is 1. The number of nitrogens with zero attached hydrogens (tertiary/aromatic N) is 1. The molecule has 0 radical (unpaired) electrons. The lowest BCUT2D eigenvalue weighted by molar-refractivity contribution is 0.477. The van der Waals surface area contributed by atoms with Gasteiger partial charge in [-0.05, 0) is 48.0 Å². The van der Waals surface area contributed by atoms with Crippen LogP contribution in [-0.2, 0) is 0 Å². The monoisotopic (exact) mass is 347 g/mol. The van der Waals surface area contributed by atoms with E-state index in [0.717, 1.165) is 22.4 Å². The van der Waals surface area contributed by atoms with E-state index in [1.807, 2.05) is 54.6 Å². The predicted molar refractivity (Wildman–Crippen MR) is 99.5 cm³/mol. The fourth-order valence-corrected chi connectivity index (χ4v) is 2.85. The lowest BCUT2D eigenvalue weighted by Gasteiger charge is -2.10. The first-order valence-electron chi connectivity index (χ1n) is 7.80. The van der Waals surface area contributed by atoms with Crippen molar-refractivity contribution in [1.82, 2.24) is 4.98 Å². The quantitative estimate of drug-likeness (QED) is 0.491. The molecule has 4 aromatic rings. The fourth-order valence-electron chi connectivity index (χ4n) is 2.72. The van der Waals surface area contributed by atoms with Crippen LogP contribution in [0, 0.1) is 0 Å². The van der Waals surface area contributed by atoms with Crippen LogP contribution in [0.5, 0.6) is 5.75 Å². The van der Waals surface area contributed by atoms with Gasteiger partial charge in [0.1, 0.15) is 5.75 Å². The van der Waals surface area contributed by atoms with E-state index in [2.05, 4.69) is 0 Å². The number of hydrogen-bond donors (Lipinski definition) is 1. The standard InChI is InChI=1S/C21H14ClNO2/c22-17-7-5-14(6-8-17)19-11-16(15-9-10-25-13-15)12-20(23-19)18-3-1-2-4-21(18)24/h1-13,24H. The van der Waals surface area contributed by atoms with E-state index in [1.54, 1.807) is 24.7 Å². The number of aromatic hydroxyl groups is 1. The highest BCUT2D eigenvalue weighted by molar-refractivity contribution is 6.30. The van der Waals surface area contributed by atoms with Gasteiger partial charge in [-0.25, -0.2) is 4.98 Å². The summed E-state index contributed by atoms with van der Waals surface area (Å²) in [4.78, 5) is 4.74. The van der Waals surface area contributed by atoms with E-state index in [9.17, 15) is 5.11 Å². The molecule has 2 aromatic carbocycles. The Kier molecular flexibility index (Phi) is 4.00. The van der Waals surface area contributed by atoms with E-state index in [4.69, 9.17) is 21.0 Å². The molecule has 0 saturated carbocycles. The summed E-state index contributed by atoms with van der Waals surface area (Å²) in [6, 6.07) is 20.5. The zero-order chi connectivity index (χ0) is 17.2. The van der Waals surface area contributed by atoms with E-state index in [0.29, 0.717) is 16.3 Å². The van der Waals surface area contributed by atoms with Gasteiger partial charge in [0.15, 0.2) is 0 Å². The summed E-state index contributed by atoms with van der Waals surface area (Å²) in [6.07, 6.45) is 3.33. The summed E-state index contributed by atoms with van der Waals surface area (Å²) < 4.78 is 5.21. The number of pyridine rings is 1. The molecule has 4 heteroatoms. The number of halogens is 1. The molecule has 122 valence electrons. The first-order chi connectivity index (χ1) is 12.2. The molecule has 0 atom stereocenters. The van der Waals surface area contributed by atoms with Crippen LogP contribution in [0.1, 0.15) is 0 Å². The smallest absolute Gasteiger partial charge is 0.124 e. The van der Waals surface area contributed by atoms with Gasteiger partial charge >= 0.3 is 0 Å². The van der Waals surface area contributed by atoms with Crippen LogP contribution in [0.25, 0.3) is 33.6 Å². The largest absolute Gasteiger partial charge is 0.507 e. The molecule has 1 N–H and O–H groups in total. The third-order valence-corrected chi connectivity index (χ3v) is 4.25. The van der Waals surface area contributed by atoms with Crippen molar-refractivity contribution < 1.29 is 9.52 Å². The SMILES string of the molecule is Oc1ccccc1-c1cc(-c2ccoc2)cc(-c2ccc(Cl)cc2)n1. The topological polar surface area (TPSA) is 46.3 Å². The summed E-state index contributed by atoms with van der Waals surface area (Å²) in [5.41, 5.74) is 5.05. The van der Waals surface area contributed by atoms with Crippen LogP contribution in [-0.4, -0.2) is 10.1 Å². The molecule has 0 saturated heterocycles. The molecular formula is C21H14ClNO2. The maximum Gasteiger partial charge on any atom is 0.124 e. The van der Waals surface area contributed by atoms with Gasteiger partial charge < -0.3 is 9.52 Å². The zero-order valence-electron chi connectivity index (χ0n) is 13.2. The van der Waals surface area contributed by atoms with Crippen molar-refractivity contribution in [2.45, 2.75) is 0 Å². The summed E-state index contributed by atoms with van der Waals surface area (Å²) in [6.45, 7) is 0. The van der Waals surface area contributed by atoms with Crippen molar-refractivity contribution in [2.75, 3.05) is 0 Å². The lowest BCUT2D eigenvalue weighted by Crippen LogP contribution is -1.91. The molecule has 25 heavy (non-hydrogen) atoms. The van der Waals surface area contributed by atoms with Gasteiger partial charge in [-0.1, -0.05) is 35.9 Å². The van der Waals surface area contributed by atoms with Crippen molar-refractivity contribution in [1.29, 1.82) is 0 Å².